The van der Waals surface area contributed by atoms with Crippen molar-refractivity contribution in [2.75, 3.05) is 0 Å². The largest absolute Gasteiger partial charge is 0.486 e. The summed E-state index contributed by atoms with van der Waals surface area (Å²) < 4.78 is 12.1. The number of hydrogen-bond acceptors (Lipinski definition) is 4. The number of aryl methyl sites for hydroxylation is 2. The van der Waals surface area contributed by atoms with E-state index in [1.807, 2.05) is 13.0 Å². The molecule has 1 spiro atoms. The van der Waals surface area contributed by atoms with E-state index >= 15 is 0 Å². The molecular weight excluding hydrogens is 340 g/mol. The van der Waals surface area contributed by atoms with Crippen LogP contribution in [0, 0.1) is 12.8 Å². The van der Waals surface area contributed by atoms with E-state index in [2.05, 4.69) is 13.8 Å². The topological polar surface area (TPSA) is 56.5 Å². The van der Waals surface area contributed by atoms with Crippen LogP contribution in [0.15, 0.2) is 21.3 Å². The quantitative estimate of drug-likeness (QED) is 0.685. The molecule has 0 unspecified atom stereocenters. The molecule has 0 bridgehead atoms. The maximum absolute atomic E-state index is 13.1. The number of carbonyl (C=O) groups excluding carboxylic acids is 1. The molecule has 1 aromatic carbocycles. The van der Waals surface area contributed by atoms with Crippen LogP contribution in [-0.4, -0.2) is 11.4 Å². The van der Waals surface area contributed by atoms with E-state index in [1.165, 1.54) is 6.42 Å². The standard InChI is InChI=1S/C23H28O4/c1-4-5-8-16-10-20(25)26-21-15(3)22-18(11-17(16)21)19(24)13-23(27-22)9-6-7-14(2)12-23/h10-11,14H,4-9,12-13H2,1-3H3/t14-,23+/m0/s1. The number of fused-ring (bicyclic) bond motifs is 2. The van der Waals surface area contributed by atoms with Gasteiger partial charge in [0.05, 0.1) is 12.0 Å². The summed E-state index contributed by atoms with van der Waals surface area (Å²) in [7, 11) is 0. The predicted molar refractivity (Wildman–Crippen MR) is 106 cm³/mol. The lowest BCUT2D eigenvalue weighted by molar-refractivity contribution is -0.00127. The predicted octanol–water partition coefficient (Wildman–Crippen LogP) is 5.36. The molecule has 4 nitrogen and oxygen atoms in total. The lowest BCUT2D eigenvalue weighted by atomic mass is 9.74. The average molecular weight is 368 g/mol. The summed E-state index contributed by atoms with van der Waals surface area (Å²) in [5.74, 6) is 1.35. The fourth-order valence-electron chi connectivity index (χ4n) is 4.92. The molecule has 27 heavy (non-hydrogen) atoms. The highest BCUT2D eigenvalue weighted by Crippen LogP contribution is 2.46. The van der Waals surface area contributed by atoms with Crippen LogP contribution in [0.25, 0.3) is 11.0 Å². The second-order valence-electron chi connectivity index (χ2n) is 8.54. The Labute approximate surface area is 159 Å². The van der Waals surface area contributed by atoms with E-state index in [9.17, 15) is 9.59 Å². The molecular formula is C23H28O4. The van der Waals surface area contributed by atoms with Gasteiger partial charge in [0.1, 0.15) is 16.9 Å². The third kappa shape index (κ3) is 3.19. The molecule has 0 N–H and O–H groups in total. The molecule has 0 radical (unpaired) electrons. The van der Waals surface area contributed by atoms with Gasteiger partial charge in [-0.25, -0.2) is 4.79 Å². The lowest BCUT2D eigenvalue weighted by Crippen LogP contribution is -2.45. The third-order valence-electron chi connectivity index (χ3n) is 6.25. The van der Waals surface area contributed by atoms with E-state index in [0.29, 0.717) is 29.2 Å². The van der Waals surface area contributed by atoms with Crippen LogP contribution in [-0.2, 0) is 6.42 Å². The van der Waals surface area contributed by atoms with Crippen molar-refractivity contribution in [2.24, 2.45) is 5.92 Å². The summed E-state index contributed by atoms with van der Waals surface area (Å²) in [6, 6.07) is 3.47. The molecule has 4 rings (SSSR count). The first-order chi connectivity index (χ1) is 12.9. The molecule has 144 valence electrons. The van der Waals surface area contributed by atoms with Crippen LogP contribution < -0.4 is 10.4 Å². The van der Waals surface area contributed by atoms with Gasteiger partial charge in [0.15, 0.2) is 5.78 Å². The minimum Gasteiger partial charge on any atom is -0.486 e. The Bertz CT molecular complexity index is 955. The maximum Gasteiger partial charge on any atom is 0.336 e. The van der Waals surface area contributed by atoms with Crippen LogP contribution in [0.4, 0.5) is 0 Å². The molecule has 1 aliphatic heterocycles. The first-order valence-electron chi connectivity index (χ1n) is 10.2. The van der Waals surface area contributed by atoms with E-state index < -0.39 is 0 Å². The first-order valence-corrected chi connectivity index (χ1v) is 10.2. The highest BCUT2D eigenvalue weighted by atomic mass is 16.5. The van der Waals surface area contributed by atoms with Crippen LogP contribution in [0.5, 0.6) is 5.75 Å². The van der Waals surface area contributed by atoms with Gasteiger partial charge in [0, 0.05) is 17.0 Å². The zero-order valence-corrected chi connectivity index (χ0v) is 16.5. The number of ether oxygens (including phenoxy) is 1. The van der Waals surface area contributed by atoms with Crippen molar-refractivity contribution in [1.29, 1.82) is 0 Å². The molecule has 0 amide bonds. The fraction of sp³-hybridized carbons (Fsp3) is 0.565. The summed E-state index contributed by atoms with van der Waals surface area (Å²) in [6.45, 7) is 6.27. The SMILES string of the molecule is CCCCc1cc(=O)oc2c(C)c3c(cc12)C(=O)C[C@]1(CCC[C@H](C)C1)O3. The lowest BCUT2D eigenvalue weighted by Gasteiger charge is -2.43. The Kier molecular flexibility index (Phi) is 4.61. The fourth-order valence-corrected chi connectivity index (χ4v) is 4.92. The van der Waals surface area contributed by atoms with Gasteiger partial charge >= 0.3 is 5.63 Å². The van der Waals surface area contributed by atoms with Crippen molar-refractivity contribution in [1.82, 2.24) is 0 Å². The van der Waals surface area contributed by atoms with Crippen LogP contribution >= 0.6 is 0 Å². The summed E-state index contributed by atoms with van der Waals surface area (Å²) in [5.41, 5.74) is 2.24. The van der Waals surface area contributed by atoms with Crippen molar-refractivity contribution in [3.05, 3.63) is 39.2 Å². The highest BCUT2D eigenvalue weighted by Gasteiger charge is 2.44. The Morgan fingerprint density at radius 2 is 2.07 bits per heavy atom. The van der Waals surface area contributed by atoms with Crippen LogP contribution in [0.1, 0.15) is 80.3 Å². The van der Waals surface area contributed by atoms with Gasteiger partial charge in [-0.15, -0.1) is 0 Å². The molecule has 4 heteroatoms. The van der Waals surface area contributed by atoms with Gasteiger partial charge in [-0.05, 0) is 56.6 Å². The van der Waals surface area contributed by atoms with Gasteiger partial charge in [-0.1, -0.05) is 26.7 Å². The van der Waals surface area contributed by atoms with Gasteiger partial charge < -0.3 is 9.15 Å². The first kappa shape index (κ1) is 18.3. The normalized spacial score (nSPS) is 24.9. The molecule has 1 fully saturated rings. The summed E-state index contributed by atoms with van der Waals surface area (Å²) in [6.07, 6.45) is 7.43. The molecule has 1 aromatic heterocycles. The monoisotopic (exact) mass is 368 g/mol. The van der Waals surface area contributed by atoms with Crippen molar-refractivity contribution >= 4 is 16.8 Å². The molecule has 2 atom stereocenters. The van der Waals surface area contributed by atoms with E-state index in [4.69, 9.17) is 9.15 Å². The second-order valence-corrected chi connectivity index (χ2v) is 8.54. The number of rotatable bonds is 3. The Hall–Kier alpha value is -2.10. The molecule has 2 aromatic rings. The van der Waals surface area contributed by atoms with Crippen LogP contribution in [0.2, 0.25) is 0 Å². The number of ketones is 1. The van der Waals surface area contributed by atoms with Gasteiger partial charge in [-0.3, -0.25) is 4.79 Å². The third-order valence-corrected chi connectivity index (χ3v) is 6.25. The van der Waals surface area contributed by atoms with E-state index in [1.54, 1.807) is 6.07 Å². The molecule has 1 saturated carbocycles. The second kappa shape index (κ2) is 6.81. The van der Waals surface area contributed by atoms with E-state index in [-0.39, 0.29) is 17.0 Å². The van der Waals surface area contributed by atoms with Crippen molar-refractivity contribution in [2.45, 2.75) is 77.7 Å². The zero-order chi connectivity index (χ0) is 19.2. The molecule has 2 aliphatic rings. The summed E-state index contributed by atoms with van der Waals surface area (Å²) >= 11 is 0. The average Bonchev–Trinajstić information content (AvgIpc) is 2.61. The summed E-state index contributed by atoms with van der Waals surface area (Å²) in [5, 5.41) is 0.879. The summed E-state index contributed by atoms with van der Waals surface area (Å²) in [4.78, 5) is 25.2. The number of carbonyl (C=O) groups is 1. The molecule has 2 heterocycles. The molecule has 0 saturated heterocycles. The van der Waals surface area contributed by atoms with Gasteiger partial charge in [-0.2, -0.15) is 0 Å². The maximum atomic E-state index is 13.1. The van der Waals surface area contributed by atoms with Gasteiger partial charge in [0.25, 0.3) is 0 Å². The number of Topliss-reactive ketones (excluding diaryl/α,β-unsaturated/α-hetero) is 1. The Morgan fingerprint density at radius 1 is 1.26 bits per heavy atom. The van der Waals surface area contributed by atoms with Crippen molar-refractivity contribution in [3.63, 3.8) is 0 Å². The highest BCUT2D eigenvalue weighted by molar-refractivity contribution is 6.05. The Morgan fingerprint density at radius 3 is 2.81 bits per heavy atom. The number of benzene rings is 1. The number of unbranched alkanes of at least 4 members (excludes halogenated alkanes) is 1. The van der Waals surface area contributed by atoms with E-state index in [0.717, 1.165) is 55.0 Å². The van der Waals surface area contributed by atoms with Crippen molar-refractivity contribution in [3.8, 4) is 5.75 Å². The minimum atomic E-state index is -0.389. The number of hydrogen-bond donors (Lipinski definition) is 0. The minimum absolute atomic E-state index is 0.156. The zero-order valence-electron chi connectivity index (χ0n) is 16.5. The molecule has 1 aliphatic carbocycles. The van der Waals surface area contributed by atoms with Crippen LogP contribution in [0.3, 0.4) is 0 Å². The van der Waals surface area contributed by atoms with Crippen molar-refractivity contribution < 1.29 is 13.9 Å². The smallest absolute Gasteiger partial charge is 0.336 e. The Balaban J connectivity index is 1.86. The van der Waals surface area contributed by atoms with Gasteiger partial charge in [0.2, 0.25) is 0 Å².